The molecule has 4 heteroatoms. The first-order valence-corrected chi connectivity index (χ1v) is 5.78. The van der Waals surface area contributed by atoms with Crippen molar-refractivity contribution in [1.82, 2.24) is 20.6 Å². The Labute approximate surface area is 103 Å². The fourth-order valence-corrected chi connectivity index (χ4v) is 1.47. The number of H-pyrrole nitrogens is 1. The zero-order valence-electron chi connectivity index (χ0n) is 11.1. The zero-order chi connectivity index (χ0) is 12.9. The lowest BCUT2D eigenvalue weighted by atomic mass is 10.0. The number of hydrogen-bond acceptors (Lipinski definition) is 3. The van der Waals surface area contributed by atoms with E-state index in [4.69, 9.17) is 0 Å². The summed E-state index contributed by atoms with van der Waals surface area (Å²) in [5, 5.41) is 6.59. The van der Waals surface area contributed by atoms with Crippen LogP contribution < -0.4 is 10.6 Å². The van der Waals surface area contributed by atoms with E-state index in [1.54, 1.807) is 0 Å². The molecule has 0 aliphatic carbocycles. The highest BCUT2D eigenvalue weighted by Gasteiger charge is 2.21. The van der Waals surface area contributed by atoms with Crippen molar-refractivity contribution in [2.75, 3.05) is 6.67 Å². The van der Waals surface area contributed by atoms with Gasteiger partial charge >= 0.3 is 0 Å². The molecule has 0 aromatic carbocycles. The summed E-state index contributed by atoms with van der Waals surface area (Å²) < 4.78 is 0. The molecule has 1 aromatic rings. The summed E-state index contributed by atoms with van der Waals surface area (Å²) in [7, 11) is 0. The standard InChI is InChI=1S/C13H22N4/c1-6-7-10(2)15-9-16-13(4,5)12-8-14-11(3)17-12/h6-8,15-16H,2,9H2,1,3-5H3,(H,14,17)/b7-6-. The first-order valence-electron chi connectivity index (χ1n) is 5.78. The monoisotopic (exact) mass is 234 g/mol. The summed E-state index contributed by atoms with van der Waals surface area (Å²) in [6.07, 6.45) is 5.76. The molecule has 0 aliphatic rings. The van der Waals surface area contributed by atoms with Crippen molar-refractivity contribution >= 4 is 0 Å². The SMILES string of the molecule is C=C(/C=C\C)NCNC(C)(C)c1cnc(C)[nH]1. The summed E-state index contributed by atoms with van der Waals surface area (Å²) in [4.78, 5) is 7.45. The third-order valence-electron chi connectivity index (χ3n) is 2.59. The Morgan fingerprint density at radius 2 is 2.29 bits per heavy atom. The van der Waals surface area contributed by atoms with Crippen LogP contribution in [-0.2, 0) is 5.54 Å². The van der Waals surface area contributed by atoms with Gasteiger partial charge in [0.15, 0.2) is 0 Å². The average Bonchev–Trinajstić information content (AvgIpc) is 2.65. The van der Waals surface area contributed by atoms with Crippen molar-refractivity contribution in [3.8, 4) is 0 Å². The van der Waals surface area contributed by atoms with E-state index in [2.05, 4.69) is 41.0 Å². The molecule has 17 heavy (non-hydrogen) atoms. The van der Waals surface area contributed by atoms with Crippen molar-refractivity contribution in [3.05, 3.63) is 42.1 Å². The molecule has 0 aliphatic heterocycles. The Morgan fingerprint density at radius 1 is 1.59 bits per heavy atom. The van der Waals surface area contributed by atoms with E-state index < -0.39 is 0 Å². The van der Waals surface area contributed by atoms with Crippen LogP contribution in [0.5, 0.6) is 0 Å². The molecule has 4 nitrogen and oxygen atoms in total. The van der Waals surface area contributed by atoms with E-state index in [9.17, 15) is 0 Å². The van der Waals surface area contributed by atoms with Gasteiger partial charge in [0.05, 0.1) is 24.1 Å². The second-order valence-electron chi connectivity index (χ2n) is 4.56. The highest BCUT2D eigenvalue weighted by Crippen LogP contribution is 2.16. The molecule has 94 valence electrons. The van der Waals surface area contributed by atoms with Gasteiger partial charge < -0.3 is 10.3 Å². The van der Waals surface area contributed by atoms with Crippen LogP contribution in [0.25, 0.3) is 0 Å². The molecular weight excluding hydrogens is 212 g/mol. The van der Waals surface area contributed by atoms with E-state index in [0.717, 1.165) is 17.2 Å². The number of hydrogen-bond donors (Lipinski definition) is 3. The van der Waals surface area contributed by atoms with Crippen molar-refractivity contribution in [2.45, 2.75) is 33.2 Å². The van der Waals surface area contributed by atoms with Gasteiger partial charge in [-0.25, -0.2) is 4.98 Å². The van der Waals surface area contributed by atoms with E-state index in [-0.39, 0.29) is 5.54 Å². The number of imidazole rings is 1. The molecule has 0 saturated heterocycles. The van der Waals surface area contributed by atoms with Crippen molar-refractivity contribution in [2.24, 2.45) is 0 Å². The Balaban J connectivity index is 2.48. The quantitative estimate of drug-likeness (QED) is 0.522. The van der Waals surface area contributed by atoms with Crippen LogP contribution in [-0.4, -0.2) is 16.6 Å². The van der Waals surface area contributed by atoms with Crippen LogP contribution in [0, 0.1) is 6.92 Å². The molecule has 0 radical (unpaired) electrons. The maximum Gasteiger partial charge on any atom is 0.103 e. The average molecular weight is 234 g/mol. The Bertz CT molecular complexity index is 401. The lowest BCUT2D eigenvalue weighted by Gasteiger charge is -2.25. The minimum Gasteiger partial charge on any atom is -0.373 e. The number of rotatable bonds is 6. The van der Waals surface area contributed by atoms with Gasteiger partial charge in [-0.2, -0.15) is 0 Å². The summed E-state index contributed by atoms with van der Waals surface area (Å²) in [6, 6.07) is 0. The smallest absolute Gasteiger partial charge is 0.103 e. The summed E-state index contributed by atoms with van der Waals surface area (Å²) in [5.74, 6) is 0.932. The highest BCUT2D eigenvalue weighted by molar-refractivity contribution is 5.13. The third kappa shape index (κ3) is 4.07. The van der Waals surface area contributed by atoms with Crippen LogP contribution in [0.3, 0.4) is 0 Å². The normalized spacial score (nSPS) is 12.0. The van der Waals surface area contributed by atoms with Gasteiger partial charge in [0.25, 0.3) is 0 Å². The van der Waals surface area contributed by atoms with E-state index in [1.807, 2.05) is 32.2 Å². The molecule has 1 aromatic heterocycles. The summed E-state index contributed by atoms with van der Waals surface area (Å²) in [6.45, 7) is 12.7. The molecule has 0 spiro atoms. The van der Waals surface area contributed by atoms with Gasteiger partial charge in [0, 0.05) is 5.70 Å². The lowest BCUT2D eigenvalue weighted by molar-refractivity contribution is 0.385. The second kappa shape index (κ2) is 5.68. The van der Waals surface area contributed by atoms with E-state index in [0.29, 0.717) is 6.67 Å². The van der Waals surface area contributed by atoms with Crippen molar-refractivity contribution in [1.29, 1.82) is 0 Å². The van der Waals surface area contributed by atoms with E-state index >= 15 is 0 Å². The highest BCUT2D eigenvalue weighted by atomic mass is 15.1. The number of nitrogens with zero attached hydrogens (tertiary/aromatic N) is 1. The molecule has 0 bridgehead atoms. The minimum atomic E-state index is -0.148. The molecule has 0 saturated carbocycles. The van der Waals surface area contributed by atoms with Gasteiger partial charge in [-0.15, -0.1) is 0 Å². The van der Waals surface area contributed by atoms with Crippen LogP contribution in [0.4, 0.5) is 0 Å². The van der Waals surface area contributed by atoms with Gasteiger partial charge in [-0.05, 0) is 33.8 Å². The van der Waals surface area contributed by atoms with Crippen molar-refractivity contribution in [3.63, 3.8) is 0 Å². The fourth-order valence-electron chi connectivity index (χ4n) is 1.47. The molecule has 0 atom stereocenters. The number of aromatic amines is 1. The summed E-state index contributed by atoms with van der Waals surface area (Å²) in [5.41, 5.74) is 1.83. The van der Waals surface area contributed by atoms with Gasteiger partial charge in [-0.3, -0.25) is 5.32 Å². The molecule has 1 rings (SSSR count). The minimum absolute atomic E-state index is 0.148. The van der Waals surface area contributed by atoms with Gasteiger partial charge in [0.2, 0.25) is 0 Å². The number of nitrogens with one attached hydrogen (secondary N) is 3. The number of aryl methyl sites for hydroxylation is 1. The fraction of sp³-hybridized carbons (Fsp3) is 0.462. The largest absolute Gasteiger partial charge is 0.373 e. The van der Waals surface area contributed by atoms with Crippen LogP contribution in [0.1, 0.15) is 32.3 Å². The Morgan fingerprint density at radius 3 is 2.82 bits per heavy atom. The Hall–Kier alpha value is -1.55. The predicted molar refractivity (Wildman–Crippen MR) is 71.4 cm³/mol. The van der Waals surface area contributed by atoms with E-state index in [1.165, 1.54) is 0 Å². The van der Waals surface area contributed by atoms with Gasteiger partial charge in [-0.1, -0.05) is 12.7 Å². The molecule has 0 unspecified atom stereocenters. The first kappa shape index (κ1) is 13.5. The van der Waals surface area contributed by atoms with Crippen LogP contribution in [0.15, 0.2) is 30.6 Å². The molecule has 0 fully saturated rings. The molecular formula is C13H22N4. The predicted octanol–water partition coefficient (Wildman–Crippen LogP) is 2.18. The zero-order valence-corrected chi connectivity index (χ0v) is 11.1. The second-order valence-corrected chi connectivity index (χ2v) is 4.56. The summed E-state index contributed by atoms with van der Waals surface area (Å²) >= 11 is 0. The molecule has 3 N–H and O–H groups in total. The third-order valence-corrected chi connectivity index (χ3v) is 2.59. The lowest BCUT2D eigenvalue weighted by Crippen LogP contribution is -2.42. The van der Waals surface area contributed by atoms with Crippen molar-refractivity contribution < 1.29 is 0 Å². The Kier molecular flexibility index (Phi) is 4.52. The van der Waals surface area contributed by atoms with Crippen LogP contribution in [0.2, 0.25) is 0 Å². The maximum atomic E-state index is 4.21. The number of allylic oxidation sites excluding steroid dienone is 2. The first-order chi connectivity index (χ1) is 7.95. The topological polar surface area (TPSA) is 52.7 Å². The number of aromatic nitrogens is 2. The van der Waals surface area contributed by atoms with Crippen LogP contribution >= 0.6 is 0 Å². The maximum absolute atomic E-state index is 4.21. The molecule has 0 amide bonds. The van der Waals surface area contributed by atoms with Gasteiger partial charge in [0.1, 0.15) is 5.82 Å². The molecule has 1 heterocycles.